The molecular formula is C13H8BrClO4. The minimum absolute atomic E-state index is 0.0194. The van der Waals surface area contributed by atoms with Crippen molar-refractivity contribution < 1.29 is 18.7 Å². The minimum Gasteiger partial charge on any atom is -0.463 e. The van der Waals surface area contributed by atoms with Gasteiger partial charge in [-0.05, 0) is 46.3 Å². The molecule has 1 aromatic heterocycles. The van der Waals surface area contributed by atoms with Gasteiger partial charge in [0.05, 0.1) is 12.1 Å². The highest BCUT2D eigenvalue weighted by Crippen LogP contribution is 2.24. The van der Waals surface area contributed by atoms with Gasteiger partial charge >= 0.3 is 5.97 Å². The van der Waals surface area contributed by atoms with Crippen LogP contribution in [0.15, 0.2) is 39.2 Å². The first kappa shape index (κ1) is 13.8. The van der Waals surface area contributed by atoms with Crippen LogP contribution in [0.5, 0.6) is 0 Å². The molecule has 6 heteroatoms. The van der Waals surface area contributed by atoms with Crippen LogP contribution in [0.3, 0.4) is 0 Å². The monoisotopic (exact) mass is 342 g/mol. The predicted octanol–water partition coefficient (Wildman–Crippen LogP) is 3.71. The van der Waals surface area contributed by atoms with Crippen molar-refractivity contribution in [1.29, 1.82) is 0 Å². The van der Waals surface area contributed by atoms with E-state index in [0.717, 1.165) is 0 Å². The molecule has 0 radical (unpaired) electrons. The summed E-state index contributed by atoms with van der Waals surface area (Å²) >= 11 is 9.16. The summed E-state index contributed by atoms with van der Waals surface area (Å²) in [5.41, 5.74) is 0.374. The summed E-state index contributed by atoms with van der Waals surface area (Å²) in [6, 6.07) is 7.61. The number of methoxy groups -OCH3 is 1. The van der Waals surface area contributed by atoms with E-state index in [1.807, 2.05) is 0 Å². The molecule has 0 aliphatic heterocycles. The zero-order valence-electron chi connectivity index (χ0n) is 9.78. The first-order chi connectivity index (χ1) is 9.02. The predicted molar refractivity (Wildman–Crippen MR) is 72.6 cm³/mol. The second-order valence-electron chi connectivity index (χ2n) is 3.61. The molecule has 0 amide bonds. The average molecular weight is 344 g/mol. The summed E-state index contributed by atoms with van der Waals surface area (Å²) in [6.45, 7) is 0. The fraction of sp³-hybridized carbons (Fsp3) is 0.0769. The highest BCUT2D eigenvalue weighted by molar-refractivity contribution is 9.10. The molecule has 0 spiro atoms. The number of furan rings is 1. The molecule has 0 saturated carbocycles. The van der Waals surface area contributed by atoms with Crippen LogP contribution >= 0.6 is 27.5 Å². The van der Waals surface area contributed by atoms with E-state index in [1.165, 1.54) is 25.3 Å². The lowest BCUT2D eigenvalue weighted by Crippen LogP contribution is -2.01. The Kier molecular flexibility index (Phi) is 4.07. The van der Waals surface area contributed by atoms with Gasteiger partial charge in [-0.25, -0.2) is 4.79 Å². The Morgan fingerprint density at radius 3 is 2.53 bits per heavy atom. The number of benzene rings is 1. The molecule has 1 aromatic carbocycles. The van der Waals surface area contributed by atoms with Crippen LogP contribution in [0.1, 0.15) is 26.7 Å². The standard InChI is InChI=1S/C13H8BrClO4/c1-18-13(17)11-5-4-10(19-11)12(16)7-2-3-8(14)9(15)6-7/h2-6H,1H3. The van der Waals surface area contributed by atoms with Gasteiger partial charge < -0.3 is 9.15 Å². The van der Waals surface area contributed by atoms with Crippen molar-refractivity contribution in [2.24, 2.45) is 0 Å². The number of esters is 1. The molecule has 0 bridgehead atoms. The van der Waals surface area contributed by atoms with E-state index in [9.17, 15) is 9.59 Å². The molecule has 0 unspecified atom stereocenters. The fourth-order valence-electron chi connectivity index (χ4n) is 1.45. The molecule has 2 aromatic rings. The second-order valence-corrected chi connectivity index (χ2v) is 4.88. The Labute approximate surface area is 122 Å². The Bertz CT molecular complexity index is 648. The first-order valence-corrected chi connectivity index (χ1v) is 6.38. The molecule has 19 heavy (non-hydrogen) atoms. The van der Waals surface area contributed by atoms with Crippen molar-refractivity contribution in [1.82, 2.24) is 0 Å². The molecule has 0 N–H and O–H groups in total. The van der Waals surface area contributed by atoms with Gasteiger partial charge in [0, 0.05) is 10.0 Å². The summed E-state index contributed by atoms with van der Waals surface area (Å²) in [4.78, 5) is 23.3. The molecule has 0 saturated heterocycles. The van der Waals surface area contributed by atoms with E-state index in [2.05, 4.69) is 20.7 Å². The number of ketones is 1. The summed E-state index contributed by atoms with van der Waals surface area (Å²) in [5, 5.41) is 0.422. The van der Waals surface area contributed by atoms with Gasteiger partial charge in [-0.1, -0.05) is 11.6 Å². The Hall–Kier alpha value is -1.59. The lowest BCUT2D eigenvalue weighted by Gasteiger charge is -2.00. The number of carbonyl (C=O) groups is 2. The van der Waals surface area contributed by atoms with Crippen LogP contribution in [0.2, 0.25) is 5.02 Å². The maximum Gasteiger partial charge on any atom is 0.373 e. The van der Waals surface area contributed by atoms with Crippen LogP contribution in [0.25, 0.3) is 0 Å². The molecule has 2 rings (SSSR count). The second kappa shape index (κ2) is 5.59. The highest BCUT2D eigenvalue weighted by Gasteiger charge is 2.18. The third kappa shape index (κ3) is 2.88. The smallest absolute Gasteiger partial charge is 0.373 e. The van der Waals surface area contributed by atoms with Crippen LogP contribution < -0.4 is 0 Å². The van der Waals surface area contributed by atoms with E-state index in [4.69, 9.17) is 16.0 Å². The van der Waals surface area contributed by atoms with Crippen LogP contribution in [0, 0.1) is 0 Å². The zero-order valence-corrected chi connectivity index (χ0v) is 12.1. The average Bonchev–Trinajstić information content (AvgIpc) is 2.89. The van der Waals surface area contributed by atoms with Gasteiger partial charge in [-0.3, -0.25) is 4.79 Å². The maximum atomic E-state index is 12.1. The quantitative estimate of drug-likeness (QED) is 0.629. The van der Waals surface area contributed by atoms with Crippen molar-refractivity contribution in [3.8, 4) is 0 Å². The highest BCUT2D eigenvalue weighted by atomic mass is 79.9. The summed E-state index contributed by atoms with van der Waals surface area (Å²) in [5.74, 6) is -0.953. The molecular weight excluding hydrogens is 335 g/mol. The maximum absolute atomic E-state index is 12.1. The SMILES string of the molecule is COC(=O)c1ccc(C(=O)c2ccc(Br)c(Cl)c2)o1. The molecule has 0 aliphatic carbocycles. The molecule has 0 aliphatic rings. The van der Waals surface area contributed by atoms with Gasteiger partial charge in [0.25, 0.3) is 0 Å². The zero-order chi connectivity index (χ0) is 14.0. The number of ether oxygens (including phenoxy) is 1. The Balaban J connectivity index is 2.31. The molecule has 1 heterocycles. The lowest BCUT2D eigenvalue weighted by atomic mass is 10.1. The number of carbonyl (C=O) groups excluding carboxylic acids is 2. The van der Waals surface area contributed by atoms with E-state index in [-0.39, 0.29) is 17.3 Å². The topological polar surface area (TPSA) is 56.5 Å². The minimum atomic E-state index is -0.632. The molecule has 98 valence electrons. The summed E-state index contributed by atoms with van der Waals surface area (Å²) in [7, 11) is 1.24. The van der Waals surface area contributed by atoms with Crippen molar-refractivity contribution in [3.05, 3.63) is 56.9 Å². The lowest BCUT2D eigenvalue weighted by molar-refractivity contribution is 0.0563. The Morgan fingerprint density at radius 2 is 1.89 bits per heavy atom. The molecule has 0 fully saturated rings. The van der Waals surface area contributed by atoms with E-state index < -0.39 is 5.97 Å². The third-order valence-corrected chi connectivity index (χ3v) is 3.63. The van der Waals surface area contributed by atoms with Crippen molar-refractivity contribution in [2.75, 3.05) is 7.11 Å². The van der Waals surface area contributed by atoms with Gasteiger partial charge in [0.2, 0.25) is 11.5 Å². The van der Waals surface area contributed by atoms with Crippen molar-refractivity contribution in [3.63, 3.8) is 0 Å². The van der Waals surface area contributed by atoms with Gasteiger partial charge in [-0.2, -0.15) is 0 Å². The van der Waals surface area contributed by atoms with Crippen LogP contribution in [-0.2, 0) is 4.74 Å². The van der Waals surface area contributed by atoms with E-state index in [1.54, 1.807) is 12.1 Å². The number of rotatable bonds is 3. The first-order valence-electron chi connectivity index (χ1n) is 5.21. The van der Waals surface area contributed by atoms with Crippen LogP contribution in [0.4, 0.5) is 0 Å². The number of halogens is 2. The third-order valence-electron chi connectivity index (χ3n) is 2.40. The van der Waals surface area contributed by atoms with Crippen LogP contribution in [-0.4, -0.2) is 18.9 Å². The Morgan fingerprint density at radius 1 is 1.21 bits per heavy atom. The van der Waals surface area contributed by atoms with Crippen molar-refractivity contribution in [2.45, 2.75) is 0 Å². The van der Waals surface area contributed by atoms with Crippen molar-refractivity contribution >= 4 is 39.3 Å². The van der Waals surface area contributed by atoms with E-state index >= 15 is 0 Å². The van der Waals surface area contributed by atoms with Gasteiger partial charge in [-0.15, -0.1) is 0 Å². The largest absolute Gasteiger partial charge is 0.463 e. The normalized spacial score (nSPS) is 10.3. The summed E-state index contributed by atoms with van der Waals surface area (Å²) < 4.78 is 10.3. The fourth-order valence-corrected chi connectivity index (χ4v) is 1.88. The summed E-state index contributed by atoms with van der Waals surface area (Å²) in [6.07, 6.45) is 0. The van der Waals surface area contributed by atoms with Gasteiger partial charge in [0.15, 0.2) is 5.76 Å². The van der Waals surface area contributed by atoms with Gasteiger partial charge in [0.1, 0.15) is 0 Å². The molecule has 4 nitrogen and oxygen atoms in total. The molecule has 0 atom stereocenters. The van der Waals surface area contributed by atoms with E-state index in [0.29, 0.717) is 15.1 Å². The number of hydrogen-bond donors (Lipinski definition) is 0. The number of hydrogen-bond acceptors (Lipinski definition) is 4.